The summed E-state index contributed by atoms with van der Waals surface area (Å²) < 4.78 is 31.5. The largest absolute Gasteiger partial charge is 0.380 e. The Morgan fingerprint density at radius 3 is 2.58 bits per heavy atom. The van der Waals surface area contributed by atoms with E-state index >= 15 is 0 Å². The molecule has 1 aromatic carbocycles. The van der Waals surface area contributed by atoms with Gasteiger partial charge in [-0.2, -0.15) is 0 Å². The average Bonchev–Trinajstić information content (AvgIpc) is 2.31. The monoisotopic (exact) mass is 286 g/mol. The van der Waals surface area contributed by atoms with Crippen molar-refractivity contribution in [1.82, 2.24) is 5.32 Å². The van der Waals surface area contributed by atoms with Gasteiger partial charge in [-0.15, -0.1) is 0 Å². The topological polar surface area (TPSA) is 67.4 Å². The molecule has 0 aliphatic carbocycles. The second-order valence-corrected chi connectivity index (χ2v) is 6.46. The zero-order chi connectivity index (χ0) is 14.3. The first kappa shape index (κ1) is 15.9. The first-order valence-corrected chi connectivity index (χ1v) is 7.90. The van der Waals surface area contributed by atoms with Crippen LogP contribution in [0.25, 0.3) is 0 Å². The molecule has 0 heterocycles. The molecule has 0 fully saturated rings. The minimum Gasteiger partial charge on any atom is -0.380 e. The van der Waals surface area contributed by atoms with Crippen molar-refractivity contribution < 1.29 is 13.2 Å². The van der Waals surface area contributed by atoms with Gasteiger partial charge in [0.05, 0.1) is 18.0 Å². The van der Waals surface area contributed by atoms with E-state index in [1.54, 1.807) is 19.2 Å². The number of methoxy groups -OCH3 is 1. The Morgan fingerprint density at radius 1 is 1.26 bits per heavy atom. The van der Waals surface area contributed by atoms with Crippen LogP contribution in [0.4, 0.5) is 5.69 Å². The first-order chi connectivity index (χ1) is 8.94. The predicted molar refractivity (Wildman–Crippen MR) is 77.7 cm³/mol. The van der Waals surface area contributed by atoms with Crippen molar-refractivity contribution in [3.05, 3.63) is 29.8 Å². The molecule has 0 saturated carbocycles. The van der Waals surface area contributed by atoms with E-state index in [1.807, 2.05) is 26.0 Å². The second kappa shape index (κ2) is 7.47. The summed E-state index contributed by atoms with van der Waals surface area (Å²) in [5.74, 6) is 0.0481. The minimum absolute atomic E-state index is 0.0481. The van der Waals surface area contributed by atoms with Gasteiger partial charge in [-0.05, 0) is 6.07 Å². The van der Waals surface area contributed by atoms with Crippen LogP contribution < -0.4 is 10.0 Å². The fourth-order valence-electron chi connectivity index (χ4n) is 1.60. The van der Waals surface area contributed by atoms with Crippen molar-refractivity contribution in [1.29, 1.82) is 0 Å². The summed E-state index contributed by atoms with van der Waals surface area (Å²) in [5, 5.41) is 3.08. The van der Waals surface area contributed by atoms with Crippen LogP contribution in [-0.4, -0.2) is 33.9 Å². The van der Waals surface area contributed by atoms with E-state index in [1.165, 1.54) is 0 Å². The molecule has 0 unspecified atom stereocenters. The van der Waals surface area contributed by atoms with Crippen LogP contribution in [-0.2, 0) is 21.4 Å². The smallest absolute Gasteiger partial charge is 0.233 e. The van der Waals surface area contributed by atoms with Crippen LogP contribution in [0.15, 0.2) is 24.3 Å². The maximum Gasteiger partial charge on any atom is 0.233 e. The number of nitrogens with one attached hydrogen (secondary N) is 2. The van der Waals surface area contributed by atoms with E-state index in [0.29, 0.717) is 18.8 Å². The van der Waals surface area contributed by atoms with Gasteiger partial charge in [0.1, 0.15) is 0 Å². The highest BCUT2D eigenvalue weighted by atomic mass is 32.2. The fourth-order valence-corrected chi connectivity index (χ4v) is 2.62. The molecule has 0 saturated heterocycles. The number of hydrogen-bond donors (Lipinski definition) is 2. The molecule has 19 heavy (non-hydrogen) atoms. The van der Waals surface area contributed by atoms with Crippen molar-refractivity contribution in [2.45, 2.75) is 26.5 Å². The first-order valence-electron chi connectivity index (χ1n) is 6.25. The van der Waals surface area contributed by atoms with Gasteiger partial charge in [0.2, 0.25) is 10.0 Å². The van der Waals surface area contributed by atoms with Crippen molar-refractivity contribution in [2.75, 3.05) is 24.1 Å². The number of benzene rings is 1. The van der Waals surface area contributed by atoms with Crippen LogP contribution in [0.2, 0.25) is 0 Å². The van der Waals surface area contributed by atoms with Crippen LogP contribution in [0.5, 0.6) is 0 Å². The molecule has 0 radical (unpaired) electrons. The molecule has 0 aliphatic heterocycles. The molecule has 0 bridgehead atoms. The molecule has 1 aromatic rings. The molecule has 0 spiro atoms. The normalized spacial score (nSPS) is 11.8. The zero-order valence-corrected chi connectivity index (χ0v) is 12.5. The molecule has 2 N–H and O–H groups in total. The van der Waals surface area contributed by atoms with Gasteiger partial charge in [0.15, 0.2) is 0 Å². The SMILES string of the molecule is COCc1ccccc1NS(=O)(=O)CCNC(C)C. The molecule has 0 atom stereocenters. The highest BCUT2D eigenvalue weighted by Gasteiger charge is 2.12. The van der Waals surface area contributed by atoms with Gasteiger partial charge < -0.3 is 10.1 Å². The number of anilines is 1. The Labute approximate surface area is 115 Å². The lowest BCUT2D eigenvalue weighted by Crippen LogP contribution is -2.31. The Bertz CT molecular complexity index is 486. The number of para-hydroxylation sites is 1. The van der Waals surface area contributed by atoms with Crippen molar-refractivity contribution >= 4 is 15.7 Å². The lowest BCUT2D eigenvalue weighted by molar-refractivity contribution is 0.185. The van der Waals surface area contributed by atoms with Gasteiger partial charge in [0.25, 0.3) is 0 Å². The number of sulfonamides is 1. The highest BCUT2D eigenvalue weighted by molar-refractivity contribution is 7.92. The third kappa shape index (κ3) is 6.04. The molecule has 5 nitrogen and oxygen atoms in total. The second-order valence-electron chi connectivity index (χ2n) is 4.62. The maximum atomic E-state index is 11.9. The van der Waals surface area contributed by atoms with Crippen LogP contribution in [0, 0.1) is 0 Å². The highest BCUT2D eigenvalue weighted by Crippen LogP contribution is 2.17. The summed E-state index contributed by atoms with van der Waals surface area (Å²) >= 11 is 0. The molecule has 108 valence electrons. The standard InChI is InChI=1S/C13H22N2O3S/c1-11(2)14-8-9-19(16,17)15-13-7-5-4-6-12(13)10-18-3/h4-7,11,14-15H,8-10H2,1-3H3. The predicted octanol–water partition coefficient (Wildman–Crippen LogP) is 1.57. The number of ether oxygens (including phenoxy) is 1. The van der Waals surface area contributed by atoms with Gasteiger partial charge in [0, 0.05) is 25.3 Å². The van der Waals surface area contributed by atoms with Crippen LogP contribution in [0.1, 0.15) is 19.4 Å². The van der Waals surface area contributed by atoms with Crippen molar-refractivity contribution in [2.24, 2.45) is 0 Å². The summed E-state index contributed by atoms with van der Waals surface area (Å²) in [7, 11) is -1.76. The van der Waals surface area contributed by atoms with Gasteiger partial charge in [-0.1, -0.05) is 32.0 Å². The lowest BCUT2D eigenvalue weighted by Gasteiger charge is -2.13. The quantitative estimate of drug-likeness (QED) is 0.761. The van der Waals surface area contributed by atoms with Crippen LogP contribution >= 0.6 is 0 Å². The number of hydrogen-bond acceptors (Lipinski definition) is 4. The van der Waals surface area contributed by atoms with E-state index in [2.05, 4.69) is 10.0 Å². The van der Waals surface area contributed by atoms with E-state index in [4.69, 9.17) is 4.74 Å². The summed E-state index contributed by atoms with van der Waals surface area (Å²) in [6, 6.07) is 7.50. The Morgan fingerprint density at radius 2 is 1.95 bits per heavy atom. The number of rotatable bonds is 8. The van der Waals surface area contributed by atoms with Gasteiger partial charge >= 0.3 is 0 Å². The molecule has 0 aromatic heterocycles. The molecule has 1 rings (SSSR count). The minimum atomic E-state index is -3.34. The van der Waals surface area contributed by atoms with Gasteiger partial charge in [-0.3, -0.25) is 4.72 Å². The van der Waals surface area contributed by atoms with E-state index < -0.39 is 10.0 Å². The molecule has 0 aliphatic rings. The molecular formula is C13H22N2O3S. The summed E-state index contributed by atoms with van der Waals surface area (Å²) in [6.07, 6.45) is 0. The molecular weight excluding hydrogens is 264 g/mol. The Hall–Kier alpha value is -1.11. The Kier molecular flexibility index (Phi) is 6.27. The zero-order valence-electron chi connectivity index (χ0n) is 11.6. The van der Waals surface area contributed by atoms with E-state index in [0.717, 1.165) is 5.56 Å². The average molecular weight is 286 g/mol. The van der Waals surface area contributed by atoms with E-state index in [-0.39, 0.29) is 11.8 Å². The molecule has 0 amide bonds. The van der Waals surface area contributed by atoms with Crippen molar-refractivity contribution in [3.63, 3.8) is 0 Å². The fraction of sp³-hybridized carbons (Fsp3) is 0.538. The van der Waals surface area contributed by atoms with E-state index in [9.17, 15) is 8.42 Å². The summed E-state index contributed by atoms with van der Waals surface area (Å²) in [6.45, 7) is 4.77. The third-order valence-corrected chi connectivity index (χ3v) is 3.78. The van der Waals surface area contributed by atoms with Crippen LogP contribution in [0.3, 0.4) is 0 Å². The van der Waals surface area contributed by atoms with Crippen molar-refractivity contribution in [3.8, 4) is 0 Å². The maximum absolute atomic E-state index is 11.9. The summed E-state index contributed by atoms with van der Waals surface area (Å²) in [4.78, 5) is 0. The Balaban J connectivity index is 2.67. The summed E-state index contributed by atoms with van der Waals surface area (Å²) in [5.41, 5.74) is 1.40. The lowest BCUT2D eigenvalue weighted by atomic mass is 10.2. The third-order valence-electron chi connectivity index (χ3n) is 2.51. The van der Waals surface area contributed by atoms with Gasteiger partial charge in [-0.25, -0.2) is 8.42 Å². The molecule has 6 heteroatoms.